The molecule has 1 aromatic carbocycles. The van der Waals surface area contributed by atoms with Crippen LogP contribution in [0.3, 0.4) is 0 Å². The van der Waals surface area contributed by atoms with Gasteiger partial charge in [-0.1, -0.05) is 6.07 Å². The van der Waals surface area contributed by atoms with Gasteiger partial charge in [0, 0.05) is 6.54 Å². The van der Waals surface area contributed by atoms with Gasteiger partial charge in [0.05, 0.1) is 11.0 Å². The first-order valence-electron chi connectivity index (χ1n) is 7.60. The highest BCUT2D eigenvalue weighted by Crippen LogP contribution is 2.41. The second kappa shape index (κ2) is 4.56. The van der Waals surface area contributed by atoms with E-state index in [1.165, 1.54) is 25.9 Å². The van der Waals surface area contributed by atoms with Crippen molar-refractivity contribution in [3.05, 3.63) is 29.7 Å². The number of benzene rings is 1. The average molecular weight is 285 g/mol. The standard InChI is InChI=1S/C16H19N3O2/c17-14(20)11-4-1-5-12-13(11)18-15(21-12)16-6-2-8-19(10-16)9-3-7-16/h1,4-5H,2-3,6-10H2,(H2,17,20). The van der Waals surface area contributed by atoms with E-state index in [2.05, 4.69) is 9.88 Å². The van der Waals surface area contributed by atoms with E-state index in [4.69, 9.17) is 10.2 Å². The summed E-state index contributed by atoms with van der Waals surface area (Å²) in [6.07, 6.45) is 4.59. The third-order valence-corrected chi connectivity index (χ3v) is 4.92. The Morgan fingerprint density at radius 3 is 2.76 bits per heavy atom. The molecule has 21 heavy (non-hydrogen) atoms. The molecular weight excluding hydrogens is 266 g/mol. The molecule has 2 N–H and O–H groups in total. The molecule has 2 bridgehead atoms. The highest BCUT2D eigenvalue weighted by molar-refractivity contribution is 6.03. The molecule has 0 saturated carbocycles. The predicted octanol–water partition coefficient (Wildman–Crippen LogP) is 2.05. The van der Waals surface area contributed by atoms with E-state index in [0.29, 0.717) is 16.7 Å². The number of piperidine rings is 2. The first kappa shape index (κ1) is 12.8. The quantitative estimate of drug-likeness (QED) is 0.916. The van der Waals surface area contributed by atoms with Gasteiger partial charge in [0.1, 0.15) is 5.52 Å². The maximum Gasteiger partial charge on any atom is 0.251 e. The van der Waals surface area contributed by atoms with Crippen molar-refractivity contribution < 1.29 is 9.21 Å². The third kappa shape index (κ3) is 1.95. The van der Waals surface area contributed by atoms with Gasteiger partial charge in [-0.05, 0) is 50.9 Å². The summed E-state index contributed by atoms with van der Waals surface area (Å²) in [6, 6.07) is 5.37. The van der Waals surface area contributed by atoms with Crippen LogP contribution >= 0.6 is 0 Å². The third-order valence-electron chi connectivity index (χ3n) is 4.92. The number of fused-ring (bicyclic) bond motifs is 3. The van der Waals surface area contributed by atoms with Crippen molar-refractivity contribution in [2.45, 2.75) is 31.1 Å². The molecule has 2 aliphatic heterocycles. The average Bonchev–Trinajstić information content (AvgIpc) is 2.91. The number of carbonyl (C=O) groups excluding carboxylic acids is 1. The van der Waals surface area contributed by atoms with Gasteiger partial charge in [-0.15, -0.1) is 0 Å². The lowest BCUT2D eigenvalue weighted by Gasteiger charge is -2.45. The minimum Gasteiger partial charge on any atom is -0.440 e. The SMILES string of the molecule is NC(=O)c1cccc2oc(C34CCCN(CCC3)C4)nc12. The van der Waals surface area contributed by atoms with Gasteiger partial charge in [0.25, 0.3) is 5.91 Å². The van der Waals surface area contributed by atoms with Crippen molar-refractivity contribution in [3.8, 4) is 0 Å². The van der Waals surface area contributed by atoms with E-state index in [9.17, 15) is 4.79 Å². The Morgan fingerprint density at radius 1 is 1.29 bits per heavy atom. The van der Waals surface area contributed by atoms with Crippen LogP contribution < -0.4 is 5.73 Å². The summed E-state index contributed by atoms with van der Waals surface area (Å²) >= 11 is 0. The Kier molecular flexibility index (Phi) is 2.79. The van der Waals surface area contributed by atoms with Crippen LogP contribution in [-0.2, 0) is 5.41 Å². The van der Waals surface area contributed by atoms with Crippen LogP contribution in [-0.4, -0.2) is 35.4 Å². The Morgan fingerprint density at radius 2 is 2.05 bits per heavy atom. The van der Waals surface area contributed by atoms with E-state index < -0.39 is 5.91 Å². The van der Waals surface area contributed by atoms with Gasteiger partial charge >= 0.3 is 0 Å². The fourth-order valence-electron chi connectivity index (χ4n) is 3.92. The fraction of sp³-hybridized carbons (Fsp3) is 0.500. The van der Waals surface area contributed by atoms with Gasteiger partial charge in [0.2, 0.25) is 5.89 Å². The summed E-state index contributed by atoms with van der Waals surface area (Å²) < 4.78 is 6.03. The topological polar surface area (TPSA) is 72.4 Å². The number of hydrogen-bond donors (Lipinski definition) is 1. The normalized spacial score (nSPS) is 28.7. The van der Waals surface area contributed by atoms with E-state index in [1.54, 1.807) is 12.1 Å². The number of para-hydroxylation sites is 1. The number of primary amides is 1. The number of aromatic nitrogens is 1. The molecule has 5 heteroatoms. The zero-order chi connectivity index (χ0) is 14.4. The van der Waals surface area contributed by atoms with Crippen molar-refractivity contribution in [1.82, 2.24) is 9.88 Å². The number of oxazole rings is 1. The van der Waals surface area contributed by atoms with Gasteiger partial charge in [-0.25, -0.2) is 4.98 Å². The van der Waals surface area contributed by atoms with Crippen molar-refractivity contribution in [2.24, 2.45) is 5.73 Å². The Hall–Kier alpha value is -1.88. The maximum absolute atomic E-state index is 11.5. The lowest BCUT2D eigenvalue weighted by Crippen LogP contribution is -2.50. The van der Waals surface area contributed by atoms with Crippen molar-refractivity contribution >= 4 is 17.0 Å². The number of nitrogens with zero attached hydrogens (tertiary/aromatic N) is 2. The Labute approximate surface area is 123 Å². The fourth-order valence-corrected chi connectivity index (χ4v) is 3.92. The van der Waals surface area contributed by atoms with E-state index >= 15 is 0 Å². The smallest absolute Gasteiger partial charge is 0.251 e. The molecule has 0 spiro atoms. The number of nitrogens with two attached hydrogens (primary N) is 1. The van der Waals surface area contributed by atoms with Crippen LogP contribution in [0.15, 0.2) is 22.6 Å². The molecule has 110 valence electrons. The first-order chi connectivity index (χ1) is 10.2. The van der Waals surface area contributed by atoms with Crippen LogP contribution in [0.2, 0.25) is 0 Å². The molecule has 1 amide bonds. The number of amides is 1. The number of hydrogen-bond acceptors (Lipinski definition) is 4. The summed E-state index contributed by atoms with van der Waals surface area (Å²) in [5.41, 5.74) is 7.18. The zero-order valence-corrected chi connectivity index (χ0v) is 12.0. The number of rotatable bonds is 2. The minimum atomic E-state index is -0.452. The Balaban J connectivity index is 1.83. The van der Waals surface area contributed by atoms with E-state index in [0.717, 1.165) is 25.3 Å². The largest absolute Gasteiger partial charge is 0.440 e. The summed E-state index contributed by atoms with van der Waals surface area (Å²) in [7, 11) is 0. The van der Waals surface area contributed by atoms with Gasteiger partial charge in [0.15, 0.2) is 5.58 Å². The highest BCUT2D eigenvalue weighted by atomic mass is 16.3. The molecule has 2 saturated heterocycles. The lowest BCUT2D eigenvalue weighted by molar-refractivity contribution is 0.0769. The van der Waals surface area contributed by atoms with Crippen molar-refractivity contribution in [3.63, 3.8) is 0 Å². The molecule has 5 nitrogen and oxygen atoms in total. The molecule has 1 aromatic heterocycles. The molecule has 2 fully saturated rings. The molecule has 2 aliphatic rings. The summed E-state index contributed by atoms with van der Waals surface area (Å²) in [5.74, 6) is 0.336. The summed E-state index contributed by atoms with van der Waals surface area (Å²) in [6.45, 7) is 3.37. The molecule has 0 radical (unpaired) electrons. The van der Waals surface area contributed by atoms with Crippen LogP contribution in [0.25, 0.3) is 11.1 Å². The highest BCUT2D eigenvalue weighted by Gasteiger charge is 2.43. The second-order valence-corrected chi connectivity index (χ2v) is 6.30. The molecule has 3 heterocycles. The molecule has 0 atom stereocenters. The minimum absolute atomic E-state index is 0.0183. The van der Waals surface area contributed by atoms with Gasteiger partial charge in [-0.3, -0.25) is 4.79 Å². The molecule has 0 aliphatic carbocycles. The zero-order valence-electron chi connectivity index (χ0n) is 12.0. The van der Waals surface area contributed by atoms with Gasteiger partial charge in [-0.2, -0.15) is 0 Å². The maximum atomic E-state index is 11.5. The Bertz CT molecular complexity index is 697. The van der Waals surface area contributed by atoms with Crippen LogP contribution in [0, 0.1) is 0 Å². The first-order valence-corrected chi connectivity index (χ1v) is 7.60. The molecule has 4 rings (SSSR count). The summed E-state index contributed by atoms with van der Waals surface area (Å²) in [5, 5.41) is 0. The lowest BCUT2D eigenvalue weighted by atomic mass is 9.73. The van der Waals surface area contributed by atoms with Crippen LogP contribution in [0.5, 0.6) is 0 Å². The molecular formula is C16H19N3O2. The molecule has 2 aromatic rings. The second-order valence-electron chi connectivity index (χ2n) is 6.30. The number of carbonyl (C=O) groups is 1. The van der Waals surface area contributed by atoms with Crippen molar-refractivity contribution in [1.29, 1.82) is 0 Å². The monoisotopic (exact) mass is 285 g/mol. The van der Waals surface area contributed by atoms with E-state index in [1.807, 2.05) is 6.07 Å². The van der Waals surface area contributed by atoms with E-state index in [-0.39, 0.29) is 5.41 Å². The van der Waals surface area contributed by atoms with Crippen LogP contribution in [0.4, 0.5) is 0 Å². The van der Waals surface area contributed by atoms with Crippen molar-refractivity contribution in [2.75, 3.05) is 19.6 Å². The van der Waals surface area contributed by atoms with Crippen LogP contribution in [0.1, 0.15) is 41.9 Å². The van der Waals surface area contributed by atoms with Gasteiger partial charge < -0.3 is 15.1 Å². The molecule has 0 unspecified atom stereocenters. The summed E-state index contributed by atoms with van der Waals surface area (Å²) in [4.78, 5) is 18.7. The predicted molar refractivity (Wildman–Crippen MR) is 79.1 cm³/mol.